The molecule has 0 radical (unpaired) electrons. The van der Waals surface area contributed by atoms with Crippen LogP contribution in [0.25, 0.3) is 0 Å². The lowest BCUT2D eigenvalue weighted by atomic mass is 9.80. The molecule has 1 aromatic rings. The minimum absolute atomic E-state index is 0.0660. The van der Waals surface area contributed by atoms with Crippen molar-refractivity contribution in [2.45, 2.75) is 39.2 Å². The molecule has 0 saturated heterocycles. The molecule has 2 atom stereocenters. The number of hydrogen-bond acceptors (Lipinski definition) is 3. The van der Waals surface area contributed by atoms with E-state index in [1.807, 2.05) is 0 Å². The van der Waals surface area contributed by atoms with E-state index >= 15 is 0 Å². The van der Waals surface area contributed by atoms with Crippen molar-refractivity contribution in [2.24, 2.45) is 11.8 Å². The quantitative estimate of drug-likeness (QED) is 0.671. The van der Waals surface area contributed by atoms with Gasteiger partial charge in [-0.15, -0.1) is 0 Å². The van der Waals surface area contributed by atoms with E-state index in [9.17, 15) is 18.9 Å². The van der Waals surface area contributed by atoms with Crippen LogP contribution >= 0.6 is 0 Å². The van der Waals surface area contributed by atoms with Gasteiger partial charge in [0, 0.05) is 12.1 Å². The van der Waals surface area contributed by atoms with Gasteiger partial charge in [-0.1, -0.05) is 13.8 Å². The molecule has 0 aliphatic heterocycles. The van der Waals surface area contributed by atoms with Crippen molar-refractivity contribution >= 4 is 11.4 Å². The summed E-state index contributed by atoms with van der Waals surface area (Å²) >= 11 is 0. The van der Waals surface area contributed by atoms with Crippen LogP contribution in [0.15, 0.2) is 12.1 Å². The van der Waals surface area contributed by atoms with Gasteiger partial charge in [0.1, 0.15) is 0 Å². The number of halogens is 2. The Morgan fingerprint density at radius 3 is 2.35 bits per heavy atom. The van der Waals surface area contributed by atoms with Gasteiger partial charge in [-0.05, 0) is 37.2 Å². The van der Waals surface area contributed by atoms with Crippen LogP contribution < -0.4 is 5.32 Å². The first-order valence-corrected chi connectivity index (χ1v) is 6.77. The monoisotopic (exact) mass is 284 g/mol. The highest BCUT2D eigenvalue weighted by Crippen LogP contribution is 2.34. The molecule has 6 heteroatoms. The van der Waals surface area contributed by atoms with Crippen molar-refractivity contribution < 1.29 is 13.7 Å². The number of hydrogen-bond donors (Lipinski definition) is 1. The molecule has 1 N–H and O–H groups in total. The Balaban J connectivity index is 2.28. The minimum atomic E-state index is -1.18. The van der Waals surface area contributed by atoms with Gasteiger partial charge < -0.3 is 5.32 Å². The Kier molecular flexibility index (Phi) is 4.20. The summed E-state index contributed by atoms with van der Waals surface area (Å²) in [5.41, 5.74) is -0.754. The molecule has 1 aliphatic rings. The van der Waals surface area contributed by atoms with Crippen LogP contribution in [-0.2, 0) is 0 Å². The number of anilines is 1. The lowest BCUT2D eigenvalue weighted by Gasteiger charge is -2.32. The van der Waals surface area contributed by atoms with Gasteiger partial charge in [0.25, 0.3) is 5.69 Å². The molecule has 110 valence electrons. The Morgan fingerprint density at radius 1 is 1.20 bits per heavy atom. The van der Waals surface area contributed by atoms with Gasteiger partial charge in [-0.3, -0.25) is 10.1 Å². The molecule has 1 fully saturated rings. The third kappa shape index (κ3) is 3.05. The van der Waals surface area contributed by atoms with E-state index in [0.717, 1.165) is 31.4 Å². The summed E-state index contributed by atoms with van der Waals surface area (Å²) in [5.74, 6) is -1.32. The third-order valence-corrected chi connectivity index (χ3v) is 3.80. The molecule has 2 rings (SSSR count). The Hall–Kier alpha value is -1.72. The molecule has 1 aromatic carbocycles. The van der Waals surface area contributed by atoms with Gasteiger partial charge >= 0.3 is 0 Å². The summed E-state index contributed by atoms with van der Waals surface area (Å²) in [4.78, 5) is 10.2. The van der Waals surface area contributed by atoms with Crippen LogP contribution in [0.4, 0.5) is 20.2 Å². The molecule has 0 bridgehead atoms. The van der Waals surface area contributed by atoms with E-state index in [4.69, 9.17) is 0 Å². The summed E-state index contributed by atoms with van der Waals surface area (Å²) in [6.45, 7) is 4.20. The fraction of sp³-hybridized carbons (Fsp3) is 0.571. The summed E-state index contributed by atoms with van der Waals surface area (Å²) in [6.07, 6.45) is 2.70. The average Bonchev–Trinajstić information content (AvgIpc) is 2.33. The minimum Gasteiger partial charge on any atom is -0.374 e. The molecule has 1 saturated carbocycles. The zero-order valence-electron chi connectivity index (χ0n) is 11.5. The van der Waals surface area contributed by atoms with Crippen molar-refractivity contribution in [3.8, 4) is 0 Å². The molecule has 0 spiro atoms. The number of rotatable bonds is 3. The summed E-state index contributed by atoms with van der Waals surface area (Å²) in [5, 5.41) is 13.8. The Morgan fingerprint density at radius 2 is 1.80 bits per heavy atom. The van der Waals surface area contributed by atoms with E-state index in [1.165, 1.54) is 0 Å². The van der Waals surface area contributed by atoms with Crippen LogP contribution in [0.5, 0.6) is 0 Å². The van der Waals surface area contributed by atoms with E-state index in [0.29, 0.717) is 11.8 Å². The van der Waals surface area contributed by atoms with E-state index in [2.05, 4.69) is 19.2 Å². The normalized spacial score (nSPS) is 26.3. The van der Waals surface area contributed by atoms with E-state index in [1.54, 1.807) is 0 Å². The number of benzene rings is 1. The summed E-state index contributed by atoms with van der Waals surface area (Å²) < 4.78 is 27.1. The number of nitrogens with zero attached hydrogens (tertiary/aromatic N) is 1. The number of nitro benzene ring substituents is 1. The van der Waals surface area contributed by atoms with Crippen LogP contribution in [0, 0.1) is 33.6 Å². The standard InChI is InChI=1S/C14H18F2N2O2/c1-8-5-9(2)7-10(6-8)17-14-12(18(19)20)4-3-11(15)13(14)16/h3-4,8-10,17H,5-7H2,1-2H3. The van der Waals surface area contributed by atoms with Gasteiger partial charge in [-0.2, -0.15) is 0 Å². The van der Waals surface area contributed by atoms with Crippen molar-refractivity contribution in [1.29, 1.82) is 0 Å². The number of nitro groups is 1. The van der Waals surface area contributed by atoms with Crippen LogP contribution in [0.2, 0.25) is 0 Å². The van der Waals surface area contributed by atoms with Gasteiger partial charge in [0.2, 0.25) is 0 Å². The first kappa shape index (κ1) is 14.7. The van der Waals surface area contributed by atoms with Crippen molar-refractivity contribution in [2.75, 3.05) is 5.32 Å². The van der Waals surface area contributed by atoms with Crippen LogP contribution in [0.1, 0.15) is 33.1 Å². The largest absolute Gasteiger partial charge is 0.374 e. The second kappa shape index (κ2) is 5.73. The summed E-state index contributed by atoms with van der Waals surface area (Å²) in [6, 6.07) is 1.71. The van der Waals surface area contributed by atoms with Crippen LogP contribution in [-0.4, -0.2) is 11.0 Å². The molecular formula is C14H18F2N2O2. The predicted molar refractivity (Wildman–Crippen MR) is 72.6 cm³/mol. The Labute approximate surface area is 116 Å². The fourth-order valence-corrected chi connectivity index (χ4v) is 3.10. The highest BCUT2D eigenvalue weighted by atomic mass is 19.2. The Bertz CT molecular complexity index is 512. The second-order valence-electron chi connectivity index (χ2n) is 5.77. The van der Waals surface area contributed by atoms with E-state index in [-0.39, 0.29) is 11.7 Å². The molecule has 0 amide bonds. The first-order chi connectivity index (χ1) is 9.38. The molecule has 0 aromatic heterocycles. The zero-order chi connectivity index (χ0) is 14.9. The fourth-order valence-electron chi connectivity index (χ4n) is 3.10. The van der Waals surface area contributed by atoms with Crippen molar-refractivity contribution in [3.05, 3.63) is 33.9 Å². The van der Waals surface area contributed by atoms with Gasteiger partial charge in [0.15, 0.2) is 17.3 Å². The van der Waals surface area contributed by atoms with Crippen molar-refractivity contribution in [3.63, 3.8) is 0 Å². The maximum Gasteiger partial charge on any atom is 0.295 e. The van der Waals surface area contributed by atoms with Gasteiger partial charge in [0.05, 0.1) is 4.92 Å². The highest BCUT2D eigenvalue weighted by molar-refractivity contribution is 5.63. The maximum atomic E-state index is 13.8. The van der Waals surface area contributed by atoms with Crippen LogP contribution in [0.3, 0.4) is 0 Å². The first-order valence-electron chi connectivity index (χ1n) is 6.77. The average molecular weight is 284 g/mol. The predicted octanol–water partition coefficient (Wildman–Crippen LogP) is 4.11. The lowest BCUT2D eigenvalue weighted by Crippen LogP contribution is -2.30. The third-order valence-electron chi connectivity index (χ3n) is 3.80. The smallest absolute Gasteiger partial charge is 0.295 e. The molecule has 4 nitrogen and oxygen atoms in total. The second-order valence-corrected chi connectivity index (χ2v) is 5.77. The molecule has 1 aliphatic carbocycles. The highest BCUT2D eigenvalue weighted by Gasteiger charge is 2.28. The molecular weight excluding hydrogens is 266 g/mol. The van der Waals surface area contributed by atoms with Crippen molar-refractivity contribution in [1.82, 2.24) is 0 Å². The molecule has 0 heterocycles. The molecule has 2 unspecified atom stereocenters. The van der Waals surface area contributed by atoms with Gasteiger partial charge in [-0.25, -0.2) is 8.78 Å². The molecule has 20 heavy (non-hydrogen) atoms. The lowest BCUT2D eigenvalue weighted by molar-refractivity contribution is -0.384. The SMILES string of the molecule is CC1CC(C)CC(Nc2c([N+](=O)[O-])ccc(F)c2F)C1. The zero-order valence-corrected chi connectivity index (χ0v) is 11.5. The topological polar surface area (TPSA) is 55.2 Å². The summed E-state index contributed by atoms with van der Waals surface area (Å²) in [7, 11) is 0. The van der Waals surface area contributed by atoms with E-state index < -0.39 is 22.2 Å². The number of nitrogens with one attached hydrogen (secondary N) is 1. The maximum absolute atomic E-state index is 13.8.